The van der Waals surface area contributed by atoms with Crippen molar-refractivity contribution in [2.45, 2.75) is 129 Å². The number of pyridine rings is 5. The van der Waals surface area contributed by atoms with Crippen LogP contribution in [0.2, 0.25) is 0 Å². The molecule has 0 spiro atoms. The lowest BCUT2D eigenvalue weighted by atomic mass is 9.99. The second-order valence-electron chi connectivity index (χ2n) is 38.4. The predicted octanol–water partition coefficient (Wildman–Crippen LogP) is 11.7. The smallest absolute Gasteiger partial charge is 0.382 e. The molecule has 15 aromatic rings. The summed E-state index contributed by atoms with van der Waals surface area (Å²) in [6.45, 7) is 25.7. The van der Waals surface area contributed by atoms with Gasteiger partial charge < -0.3 is 57.1 Å². The summed E-state index contributed by atoms with van der Waals surface area (Å²) in [5.74, 6) is -2.18. The molecule has 20 rings (SSSR count). The zero-order valence-electron chi connectivity index (χ0n) is 83.5. The van der Waals surface area contributed by atoms with Gasteiger partial charge in [0.1, 0.15) is 28.5 Å². The van der Waals surface area contributed by atoms with Crippen LogP contribution in [-0.4, -0.2) is 276 Å². The number of hydrogen-bond donors (Lipinski definition) is 5. The van der Waals surface area contributed by atoms with Gasteiger partial charge in [0.25, 0.3) is 29.5 Å². The first-order chi connectivity index (χ1) is 69.5. The second-order valence-corrected chi connectivity index (χ2v) is 38.4. The molecule has 7 atom stereocenters. The molecule has 0 bridgehead atoms. The molecule has 10 aromatic heterocycles. The van der Waals surface area contributed by atoms with E-state index >= 15 is 0 Å². The Morgan fingerprint density at radius 2 is 0.731 bits per heavy atom. The van der Waals surface area contributed by atoms with Crippen molar-refractivity contribution in [1.29, 1.82) is 0 Å². The minimum atomic E-state index is -4.41. The highest BCUT2D eigenvalue weighted by Crippen LogP contribution is 2.38. The first-order valence-corrected chi connectivity index (χ1v) is 48.3. The van der Waals surface area contributed by atoms with Crippen LogP contribution >= 0.6 is 0 Å². The molecular weight excluding hydrogens is 1860 g/mol. The van der Waals surface area contributed by atoms with Gasteiger partial charge in [0, 0.05) is 224 Å². The van der Waals surface area contributed by atoms with Crippen molar-refractivity contribution >= 4 is 84.1 Å². The Hall–Kier alpha value is -14.1. The minimum Gasteiger partial charge on any atom is -0.382 e. The third kappa shape index (κ3) is 25.8. The van der Waals surface area contributed by atoms with Gasteiger partial charge in [-0.25, -0.2) is 24.9 Å². The number of carbonyl (C=O) groups is 5. The average molecular weight is 1980 g/mol. The topological polar surface area (TPSA) is 441 Å². The number of benzene rings is 5. The van der Waals surface area contributed by atoms with Crippen LogP contribution in [0.25, 0.3) is 110 Å². The zero-order valence-corrected chi connectivity index (χ0v) is 83.5. The zero-order chi connectivity index (χ0) is 103. The molecule has 5 amide bonds. The van der Waals surface area contributed by atoms with Gasteiger partial charge in [0.05, 0.1) is 124 Å². The van der Waals surface area contributed by atoms with Crippen molar-refractivity contribution in [3.8, 4) is 55.6 Å². The maximum absolute atomic E-state index is 13.2. The van der Waals surface area contributed by atoms with Crippen molar-refractivity contribution < 1.29 is 65.6 Å². The normalized spacial score (nSPS) is 18.9. The molecule has 145 heavy (non-hydrogen) atoms. The molecule has 0 radical (unpaired) electrons. The number of halogens is 3. The van der Waals surface area contributed by atoms with Crippen LogP contribution in [0.15, 0.2) is 183 Å². The number of fused-ring (bicyclic) bond motifs is 5. The summed E-state index contributed by atoms with van der Waals surface area (Å²) in [6, 6.07) is 40.6. The Bertz CT molecular complexity index is 7190. The van der Waals surface area contributed by atoms with E-state index in [4.69, 9.17) is 57.1 Å². The monoisotopic (exact) mass is 1980 g/mol. The van der Waals surface area contributed by atoms with Gasteiger partial charge in [-0.2, -0.15) is 38.7 Å². The third-order valence-corrected chi connectivity index (χ3v) is 26.4. The Kier molecular flexibility index (Phi) is 32.8. The maximum Gasteiger partial charge on any atom is 0.415 e. The van der Waals surface area contributed by atoms with Gasteiger partial charge in [0.2, 0.25) is 0 Å². The van der Waals surface area contributed by atoms with E-state index in [1.54, 1.807) is 117 Å². The number of carbonyl (C=O) groups excluding carboxylic acids is 5. The van der Waals surface area contributed by atoms with E-state index in [2.05, 4.69) is 165 Å². The van der Waals surface area contributed by atoms with E-state index in [0.29, 0.717) is 61.9 Å². The summed E-state index contributed by atoms with van der Waals surface area (Å²) in [6.07, 6.45) is 12.8. The SMILES string of the molecule is CC(C)CC1COCCN1Cc1ccc2c(-c3cnn(C)c3)cc(C(N)=O)nc2c1.COCC1CN(Cc2ccc3c(-c4cnn(C)c4)cc(C(N)=O)nc3c2)CCO1.C[C@@H]1COC[C@@H](C)N1Cc1ccc2c(-c3cnn(C)c3)cc(C(N)=O)nc2c1.C[C@H]1CN(Cc2ccc3c(-c4cnn(C)c4)cc(C(N)=O)nc3c2)C[C@@H](C(F)(F)F)O1.C[C@H]1COCCN1Cc1ccc2c(-c3cnn(C)c3)cc(C(N)=O)nc2c1. The standard InChI is InChI=1S/C23H29N5O2.C21H22F3N5O2.C21H25N5O3.C21H25N5O2.C20H23N5O2/c1-15(2)8-18-14-30-7-6-28(18)12-16-4-5-19-20(17-11-25-27(3)13-17)10-22(23(24)29)26-21(19)9-16;1-12-8-29(11-19(31-12)21(22,23)24)9-13-3-4-15-16(14-7-26-28(2)10-14)6-18(20(25)30)27-17(15)5-13;1-25-11-15(9-23-25)18-8-20(21(22)27)24-19-7-14(3-4-17(18)19)10-26-5-6-29-16(12-26)13-28-2;1-13-11-28-12-14(2)26(13)9-15-4-5-17-18(16-8-23-25(3)10-16)7-20(21(22)27)24-19(17)6-15;1-13-12-27-6-5-25(13)10-14-3-4-16-17(15-9-22-24(2)11-15)8-19(20(21)26)23-18(16)7-14/h4-5,9-11,13,15,18H,6-8,12,14H2,1-3H3,(H2,24,29);3-7,10,12,19H,8-9,11H2,1-2H3,(H2,25,30);3-4,7-9,11,16H,5-6,10,12-13H2,1-2H3,(H2,22,27);4-8,10,13-14H,9,11-12H2,1-3H3,(H2,22,27);3-4,7-9,11,13H,5-6,10,12H2,1-2H3,(H2,21,26)/t;12-,19-;;13-,14-;13-/m.0.10/s1. The molecular formula is C106H124F3N25O11. The number of rotatable bonds is 24. The number of nitrogens with two attached hydrogens (primary N) is 5. The highest BCUT2D eigenvalue weighted by molar-refractivity contribution is 6.05. The number of nitrogens with zero attached hydrogens (tertiary/aromatic N) is 20. The first kappa shape index (κ1) is 104. The van der Waals surface area contributed by atoms with Crippen molar-refractivity contribution in [3.63, 3.8) is 0 Å². The Balaban J connectivity index is 0.000000130. The number of amides is 5. The highest BCUT2D eigenvalue weighted by Gasteiger charge is 2.45. The number of morpholine rings is 5. The van der Waals surface area contributed by atoms with Gasteiger partial charge in [0.15, 0.2) is 6.10 Å². The minimum absolute atomic E-state index is 0.0889. The van der Waals surface area contributed by atoms with Crippen LogP contribution in [0.4, 0.5) is 13.2 Å². The number of ether oxygens (including phenoxy) is 6. The number of aromatic nitrogens is 15. The molecule has 2 unspecified atom stereocenters. The van der Waals surface area contributed by atoms with Gasteiger partial charge in [-0.3, -0.25) is 71.9 Å². The van der Waals surface area contributed by atoms with Crippen LogP contribution in [0.5, 0.6) is 0 Å². The number of hydrogen-bond acceptors (Lipinski definition) is 26. The van der Waals surface area contributed by atoms with Crippen LogP contribution < -0.4 is 28.7 Å². The molecule has 5 saturated heterocycles. The predicted molar refractivity (Wildman–Crippen MR) is 545 cm³/mol. The van der Waals surface area contributed by atoms with E-state index in [1.807, 2.05) is 83.4 Å². The second kappa shape index (κ2) is 45.9. The summed E-state index contributed by atoms with van der Waals surface area (Å²) in [5.41, 5.74) is 46.7. The molecule has 5 aliphatic heterocycles. The fourth-order valence-electron chi connectivity index (χ4n) is 19.2. The Morgan fingerprint density at radius 1 is 0.400 bits per heavy atom. The highest BCUT2D eigenvalue weighted by atomic mass is 19.4. The largest absolute Gasteiger partial charge is 0.415 e. The number of alkyl halides is 3. The van der Waals surface area contributed by atoms with Crippen molar-refractivity contribution in [1.82, 2.24) is 98.3 Å². The van der Waals surface area contributed by atoms with Gasteiger partial charge in [-0.15, -0.1) is 0 Å². The number of methoxy groups -OCH3 is 1. The molecule has 0 aliphatic carbocycles. The third-order valence-electron chi connectivity index (χ3n) is 26.4. The van der Waals surface area contributed by atoms with E-state index in [0.717, 1.165) is 225 Å². The van der Waals surface area contributed by atoms with Crippen molar-refractivity contribution in [3.05, 3.63) is 240 Å². The molecule has 0 saturated carbocycles. The van der Waals surface area contributed by atoms with Gasteiger partial charge >= 0.3 is 6.18 Å². The van der Waals surface area contributed by atoms with Crippen molar-refractivity contribution in [2.75, 3.05) is 99.2 Å². The summed E-state index contributed by atoms with van der Waals surface area (Å²) < 4.78 is 80.9. The van der Waals surface area contributed by atoms with Crippen LogP contribution in [0, 0.1) is 5.92 Å². The van der Waals surface area contributed by atoms with Crippen LogP contribution in [0.1, 0.15) is 128 Å². The lowest BCUT2D eigenvalue weighted by Crippen LogP contribution is -2.51. The number of aryl methyl sites for hydroxylation is 5. The molecule has 36 nitrogen and oxygen atoms in total. The lowest BCUT2D eigenvalue weighted by molar-refractivity contribution is -0.252. The molecule has 10 N–H and O–H groups in total. The van der Waals surface area contributed by atoms with E-state index in [9.17, 15) is 37.1 Å². The summed E-state index contributed by atoms with van der Waals surface area (Å²) in [4.78, 5) is 93.0. The van der Waals surface area contributed by atoms with E-state index in [1.165, 1.54) is 5.56 Å². The first-order valence-electron chi connectivity index (χ1n) is 48.3. The Morgan fingerprint density at radius 3 is 1.06 bits per heavy atom. The maximum atomic E-state index is 13.2. The van der Waals surface area contributed by atoms with Crippen molar-refractivity contribution in [2.24, 2.45) is 69.8 Å². The molecule has 15 heterocycles. The molecule has 39 heteroatoms. The molecule has 5 aliphatic rings. The molecule has 5 fully saturated rings. The summed E-state index contributed by atoms with van der Waals surface area (Å²) >= 11 is 0. The van der Waals surface area contributed by atoms with Gasteiger partial charge in [-0.1, -0.05) is 74.5 Å². The summed E-state index contributed by atoms with van der Waals surface area (Å²) in [5, 5.41) is 25.9. The number of primary amides is 5. The summed E-state index contributed by atoms with van der Waals surface area (Å²) in [7, 11) is 10.9. The quantitative estimate of drug-likeness (QED) is 0.0375. The van der Waals surface area contributed by atoms with Gasteiger partial charge in [-0.05, 0) is 156 Å². The fourth-order valence-corrected chi connectivity index (χ4v) is 19.2. The Labute approximate surface area is 837 Å². The lowest BCUT2D eigenvalue weighted by Gasteiger charge is -2.38. The molecule has 760 valence electrons. The molecule has 5 aromatic carbocycles. The van der Waals surface area contributed by atoms with E-state index < -0.39 is 47.9 Å². The van der Waals surface area contributed by atoms with Crippen LogP contribution in [-0.2, 0) is 96.4 Å². The fraction of sp³-hybridized carbons (Fsp3) is 0.387. The average Bonchev–Trinajstić information content (AvgIpc) is 1.76. The van der Waals surface area contributed by atoms with E-state index in [-0.39, 0.29) is 41.1 Å². The van der Waals surface area contributed by atoms with Crippen LogP contribution in [0.3, 0.4) is 0 Å².